The van der Waals surface area contributed by atoms with E-state index in [-0.39, 0.29) is 0 Å². The molecule has 1 rings (SSSR count). The standard InChI is InChI=1S/C13H20N2/c1-4-14-10-13(11(2)3)8-12-6-5-7-15-9-12/h5-9,11,14H,4,10H2,1-3H3. The summed E-state index contributed by atoms with van der Waals surface area (Å²) in [6.07, 6.45) is 5.92. The van der Waals surface area contributed by atoms with Crippen LogP contribution in [0.4, 0.5) is 0 Å². The lowest BCUT2D eigenvalue weighted by Crippen LogP contribution is -2.18. The molecule has 0 spiro atoms. The Kier molecular flexibility index (Phi) is 5.05. The van der Waals surface area contributed by atoms with Crippen LogP contribution in [0, 0.1) is 5.92 Å². The highest BCUT2D eigenvalue weighted by atomic mass is 14.8. The van der Waals surface area contributed by atoms with E-state index in [2.05, 4.69) is 43.2 Å². The number of hydrogen-bond donors (Lipinski definition) is 1. The van der Waals surface area contributed by atoms with Crippen molar-refractivity contribution >= 4 is 6.08 Å². The van der Waals surface area contributed by atoms with E-state index in [1.54, 1.807) is 6.20 Å². The smallest absolute Gasteiger partial charge is 0.0340 e. The zero-order valence-corrected chi connectivity index (χ0v) is 9.83. The predicted octanol–water partition coefficient (Wildman–Crippen LogP) is 2.73. The molecule has 0 aromatic carbocycles. The van der Waals surface area contributed by atoms with Crippen LogP contribution in [0.15, 0.2) is 30.1 Å². The van der Waals surface area contributed by atoms with Gasteiger partial charge in [-0.25, -0.2) is 0 Å². The first-order valence-corrected chi connectivity index (χ1v) is 5.55. The summed E-state index contributed by atoms with van der Waals surface area (Å²) in [5, 5.41) is 3.36. The van der Waals surface area contributed by atoms with Crippen LogP contribution in [0.25, 0.3) is 6.08 Å². The van der Waals surface area contributed by atoms with E-state index >= 15 is 0 Å². The number of pyridine rings is 1. The molecule has 0 unspecified atom stereocenters. The molecule has 2 nitrogen and oxygen atoms in total. The Morgan fingerprint density at radius 1 is 1.53 bits per heavy atom. The van der Waals surface area contributed by atoms with Gasteiger partial charge in [-0.2, -0.15) is 0 Å². The Morgan fingerprint density at radius 3 is 2.87 bits per heavy atom. The van der Waals surface area contributed by atoms with Crippen LogP contribution < -0.4 is 5.32 Å². The van der Waals surface area contributed by atoms with E-state index in [1.807, 2.05) is 12.3 Å². The lowest BCUT2D eigenvalue weighted by molar-refractivity contribution is 0.682. The minimum atomic E-state index is 0.573. The third kappa shape index (κ3) is 4.26. The first-order valence-electron chi connectivity index (χ1n) is 5.55. The van der Waals surface area contributed by atoms with Gasteiger partial charge in [0.2, 0.25) is 0 Å². The van der Waals surface area contributed by atoms with Crippen LogP contribution in [0.3, 0.4) is 0 Å². The van der Waals surface area contributed by atoms with Crippen LogP contribution in [-0.4, -0.2) is 18.1 Å². The fourth-order valence-corrected chi connectivity index (χ4v) is 1.37. The molecule has 2 heteroatoms. The van der Waals surface area contributed by atoms with E-state index in [0.717, 1.165) is 13.1 Å². The maximum absolute atomic E-state index is 4.11. The van der Waals surface area contributed by atoms with Gasteiger partial charge in [-0.05, 0) is 24.1 Å². The Hall–Kier alpha value is -1.15. The second kappa shape index (κ2) is 6.36. The molecule has 0 aliphatic heterocycles. The van der Waals surface area contributed by atoms with Gasteiger partial charge < -0.3 is 5.32 Å². The molecule has 0 aliphatic rings. The maximum Gasteiger partial charge on any atom is 0.0340 e. The van der Waals surface area contributed by atoms with Gasteiger partial charge in [-0.1, -0.05) is 38.5 Å². The topological polar surface area (TPSA) is 24.9 Å². The lowest BCUT2D eigenvalue weighted by Gasteiger charge is -2.11. The highest BCUT2D eigenvalue weighted by Gasteiger charge is 2.02. The van der Waals surface area contributed by atoms with Crippen molar-refractivity contribution in [2.75, 3.05) is 13.1 Å². The van der Waals surface area contributed by atoms with Crippen molar-refractivity contribution in [3.63, 3.8) is 0 Å². The molecule has 82 valence electrons. The molecular weight excluding hydrogens is 184 g/mol. The van der Waals surface area contributed by atoms with E-state index in [0.29, 0.717) is 5.92 Å². The minimum Gasteiger partial charge on any atom is -0.313 e. The monoisotopic (exact) mass is 204 g/mol. The largest absolute Gasteiger partial charge is 0.313 e. The zero-order chi connectivity index (χ0) is 11.1. The molecule has 0 amide bonds. The molecule has 1 aromatic heterocycles. The van der Waals surface area contributed by atoms with Crippen LogP contribution >= 0.6 is 0 Å². The summed E-state index contributed by atoms with van der Waals surface area (Å²) in [5.41, 5.74) is 2.60. The normalized spacial score (nSPS) is 12.1. The van der Waals surface area contributed by atoms with Crippen molar-refractivity contribution < 1.29 is 0 Å². The van der Waals surface area contributed by atoms with Gasteiger partial charge in [0.15, 0.2) is 0 Å². The minimum absolute atomic E-state index is 0.573. The predicted molar refractivity (Wildman–Crippen MR) is 65.6 cm³/mol. The molecule has 0 radical (unpaired) electrons. The van der Waals surface area contributed by atoms with E-state index in [1.165, 1.54) is 11.1 Å². The number of nitrogens with zero attached hydrogens (tertiary/aromatic N) is 1. The Morgan fingerprint density at radius 2 is 2.33 bits per heavy atom. The molecule has 15 heavy (non-hydrogen) atoms. The molecule has 0 atom stereocenters. The molecule has 1 heterocycles. The third-order valence-electron chi connectivity index (χ3n) is 2.36. The Balaban J connectivity index is 2.75. The summed E-state index contributed by atoms with van der Waals surface area (Å²) >= 11 is 0. The summed E-state index contributed by atoms with van der Waals surface area (Å²) in [6, 6.07) is 4.05. The van der Waals surface area contributed by atoms with Crippen molar-refractivity contribution in [2.45, 2.75) is 20.8 Å². The van der Waals surface area contributed by atoms with E-state index < -0.39 is 0 Å². The number of nitrogens with one attached hydrogen (secondary N) is 1. The van der Waals surface area contributed by atoms with Crippen molar-refractivity contribution in [3.8, 4) is 0 Å². The van der Waals surface area contributed by atoms with Gasteiger partial charge in [0.05, 0.1) is 0 Å². The van der Waals surface area contributed by atoms with Crippen molar-refractivity contribution in [2.24, 2.45) is 5.92 Å². The fraction of sp³-hybridized carbons (Fsp3) is 0.462. The molecule has 0 saturated heterocycles. The van der Waals surface area contributed by atoms with Crippen molar-refractivity contribution in [1.82, 2.24) is 10.3 Å². The van der Waals surface area contributed by atoms with Crippen LogP contribution in [-0.2, 0) is 0 Å². The average Bonchev–Trinajstić information content (AvgIpc) is 2.25. The highest BCUT2D eigenvalue weighted by Crippen LogP contribution is 2.13. The van der Waals surface area contributed by atoms with Crippen LogP contribution in [0.1, 0.15) is 26.3 Å². The number of rotatable bonds is 5. The zero-order valence-electron chi connectivity index (χ0n) is 9.83. The second-order valence-electron chi connectivity index (χ2n) is 3.94. The molecule has 0 saturated carbocycles. The summed E-state index contributed by atoms with van der Waals surface area (Å²) in [5.74, 6) is 0.573. The van der Waals surface area contributed by atoms with Gasteiger partial charge in [0.1, 0.15) is 0 Å². The molecule has 0 aliphatic carbocycles. The molecule has 1 aromatic rings. The SMILES string of the molecule is CCNCC(=Cc1cccnc1)C(C)C. The van der Waals surface area contributed by atoms with Gasteiger partial charge in [-0.15, -0.1) is 0 Å². The number of hydrogen-bond acceptors (Lipinski definition) is 2. The summed E-state index contributed by atoms with van der Waals surface area (Å²) in [4.78, 5) is 4.11. The van der Waals surface area contributed by atoms with Gasteiger partial charge in [-0.3, -0.25) is 4.98 Å². The summed E-state index contributed by atoms with van der Waals surface area (Å²) in [6.45, 7) is 8.54. The first kappa shape index (κ1) is 11.9. The lowest BCUT2D eigenvalue weighted by atomic mass is 10.0. The average molecular weight is 204 g/mol. The highest BCUT2D eigenvalue weighted by molar-refractivity contribution is 5.52. The summed E-state index contributed by atoms with van der Waals surface area (Å²) in [7, 11) is 0. The molecular formula is C13H20N2. The second-order valence-corrected chi connectivity index (χ2v) is 3.94. The quantitative estimate of drug-likeness (QED) is 0.797. The maximum atomic E-state index is 4.11. The third-order valence-corrected chi connectivity index (χ3v) is 2.36. The van der Waals surface area contributed by atoms with Gasteiger partial charge >= 0.3 is 0 Å². The first-order chi connectivity index (χ1) is 7.24. The van der Waals surface area contributed by atoms with Crippen LogP contribution in [0.5, 0.6) is 0 Å². The molecule has 0 bridgehead atoms. The Labute approximate surface area is 92.4 Å². The Bertz CT molecular complexity index is 302. The summed E-state index contributed by atoms with van der Waals surface area (Å²) < 4.78 is 0. The van der Waals surface area contributed by atoms with E-state index in [9.17, 15) is 0 Å². The van der Waals surface area contributed by atoms with Gasteiger partial charge in [0, 0.05) is 18.9 Å². The number of likely N-dealkylation sites (N-methyl/N-ethyl adjacent to an activating group) is 1. The van der Waals surface area contributed by atoms with Crippen molar-refractivity contribution in [3.05, 3.63) is 35.7 Å². The molecule has 0 fully saturated rings. The van der Waals surface area contributed by atoms with Crippen LogP contribution in [0.2, 0.25) is 0 Å². The molecule has 1 N–H and O–H groups in total. The van der Waals surface area contributed by atoms with E-state index in [4.69, 9.17) is 0 Å². The van der Waals surface area contributed by atoms with Crippen molar-refractivity contribution in [1.29, 1.82) is 0 Å². The fourth-order valence-electron chi connectivity index (χ4n) is 1.37. The van der Waals surface area contributed by atoms with Gasteiger partial charge in [0.25, 0.3) is 0 Å². The number of aromatic nitrogens is 1.